The van der Waals surface area contributed by atoms with E-state index in [9.17, 15) is 4.79 Å². The van der Waals surface area contributed by atoms with Gasteiger partial charge in [0, 0.05) is 63.0 Å². The average molecular weight is 365 g/mol. The zero-order valence-corrected chi connectivity index (χ0v) is 15.4. The van der Waals surface area contributed by atoms with Gasteiger partial charge in [0.1, 0.15) is 5.82 Å². The van der Waals surface area contributed by atoms with Crippen LogP contribution >= 0.6 is 0 Å². The smallest absolute Gasteiger partial charge is 0.253 e. The molecule has 1 aliphatic rings. The summed E-state index contributed by atoms with van der Waals surface area (Å²) in [5.74, 6) is 1.53. The molecule has 0 radical (unpaired) electrons. The summed E-state index contributed by atoms with van der Waals surface area (Å²) in [5, 5.41) is 0. The third kappa shape index (κ3) is 3.68. The van der Waals surface area contributed by atoms with Gasteiger partial charge in [0.25, 0.3) is 5.91 Å². The second-order valence-electron chi connectivity index (χ2n) is 6.80. The van der Waals surface area contributed by atoms with Crippen LogP contribution in [0.4, 0.5) is 0 Å². The van der Waals surface area contributed by atoms with Crippen LogP contribution in [0.5, 0.6) is 0 Å². The first-order valence-corrected chi connectivity index (χ1v) is 9.26. The van der Waals surface area contributed by atoms with E-state index in [4.69, 9.17) is 4.74 Å². The molecule has 2 aromatic heterocycles. The van der Waals surface area contributed by atoms with Crippen molar-refractivity contribution in [2.45, 2.75) is 25.3 Å². The van der Waals surface area contributed by atoms with E-state index in [1.165, 1.54) is 0 Å². The number of carbonyl (C=O) groups excluding carboxylic acids is 1. The highest BCUT2D eigenvalue weighted by atomic mass is 16.5. The van der Waals surface area contributed by atoms with Crippen molar-refractivity contribution in [2.75, 3.05) is 26.8 Å². The maximum absolute atomic E-state index is 12.9. The minimum Gasteiger partial charge on any atom is -0.383 e. The minimum atomic E-state index is 0.0590. The second-order valence-corrected chi connectivity index (χ2v) is 6.80. The molecule has 140 valence electrons. The van der Waals surface area contributed by atoms with Gasteiger partial charge in [0.2, 0.25) is 0 Å². The Morgan fingerprint density at radius 3 is 2.67 bits per heavy atom. The Balaban J connectivity index is 1.42. The minimum absolute atomic E-state index is 0.0590. The first-order chi connectivity index (χ1) is 13.3. The number of nitrogens with zero attached hydrogens (tertiary/aromatic N) is 5. The summed E-state index contributed by atoms with van der Waals surface area (Å²) in [4.78, 5) is 27.9. The van der Waals surface area contributed by atoms with Crippen molar-refractivity contribution in [2.24, 2.45) is 0 Å². The number of piperidine rings is 1. The van der Waals surface area contributed by atoms with Gasteiger partial charge >= 0.3 is 0 Å². The van der Waals surface area contributed by atoms with E-state index >= 15 is 0 Å². The molecule has 7 nitrogen and oxygen atoms in total. The summed E-state index contributed by atoms with van der Waals surface area (Å²) in [7, 11) is 1.71. The highest BCUT2D eigenvalue weighted by molar-refractivity contribution is 5.97. The zero-order valence-electron chi connectivity index (χ0n) is 15.4. The predicted molar refractivity (Wildman–Crippen MR) is 102 cm³/mol. The van der Waals surface area contributed by atoms with Gasteiger partial charge in [-0.15, -0.1) is 0 Å². The van der Waals surface area contributed by atoms with Gasteiger partial charge in [0.15, 0.2) is 0 Å². The van der Waals surface area contributed by atoms with Crippen LogP contribution in [0.25, 0.3) is 11.0 Å². The van der Waals surface area contributed by atoms with E-state index in [0.29, 0.717) is 18.1 Å². The molecule has 0 aliphatic carbocycles. The summed E-state index contributed by atoms with van der Waals surface area (Å²) < 4.78 is 7.33. The third-order valence-corrected chi connectivity index (χ3v) is 5.15. The number of likely N-dealkylation sites (tertiary alicyclic amines) is 1. The molecule has 0 unspecified atom stereocenters. The number of hydrogen-bond donors (Lipinski definition) is 0. The zero-order chi connectivity index (χ0) is 18.6. The van der Waals surface area contributed by atoms with Crippen LogP contribution in [0.1, 0.15) is 34.9 Å². The molecule has 1 aliphatic heterocycles. The molecule has 1 saturated heterocycles. The number of hydrogen-bond acceptors (Lipinski definition) is 5. The Labute approximate surface area is 158 Å². The molecular formula is C20H23N5O2. The summed E-state index contributed by atoms with van der Waals surface area (Å²) in [6, 6.07) is 5.52. The van der Waals surface area contributed by atoms with Gasteiger partial charge in [-0.05, 0) is 31.0 Å². The van der Waals surface area contributed by atoms with E-state index in [1.807, 2.05) is 35.5 Å². The molecule has 0 bridgehead atoms. The van der Waals surface area contributed by atoms with E-state index < -0.39 is 0 Å². The topological polar surface area (TPSA) is 73.1 Å². The first-order valence-electron chi connectivity index (χ1n) is 9.26. The molecular weight excluding hydrogens is 342 g/mol. The van der Waals surface area contributed by atoms with Crippen LogP contribution in [0.15, 0.2) is 43.0 Å². The lowest BCUT2D eigenvalue weighted by Crippen LogP contribution is -2.38. The summed E-state index contributed by atoms with van der Waals surface area (Å²) in [5.41, 5.74) is 2.22. The molecule has 7 heteroatoms. The standard InChI is InChI=1S/C20H23N5O2/c1-27-13-12-24-11-8-23-19(24)15-4-9-25(10-5-15)20(26)16-2-3-17-18(14-16)22-7-6-21-17/h2-3,6-8,11,14-15H,4-5,9-10,12-13H2,1H3. The van der Waals surface area contributed by atoms with E-state index in [1.54, 1.807) is 19.5 Å². The van der Waals surface area contributed by atoms with Crippen LogP contribution in [-0.4, -0.2) is 57.1 Å². The number of imidazole rings is 1. The molecule has 0 saturated carbocycles. The molecule has 1 aromatic carbocycles. The van der Waals surface area contributed by atoms with E-state index in [0.717, 1.165) is 49.3 Å². The fourth-order valence-corrected chi connectivity index (χ4v) is 3.68. The van der Waals surface area contributed by atoms with Gasteiger partial charge in [0.05, 0.1) is 17.6 Å². The van der Waals surface area contributed by atoms with Crippen LogP contribution in [0.2, 0.25) is 0 Å². The van der Waals surface area contributed by atoms with Crippen molar-refractivity contribution in [3.05, 3.63) is 54.4 Å². The van der Waals surface area contributed by atoms with Gasteiger partial charge in [-0.25, -0.2) is 4.98 Å². The van der Waals surface area contributed by atoms with Gasteiger partial charge in [-0.2, -0.15) is 0 Å². The number of methoxy groups -OCH3 is 1. The molecule has 1 fully saturated rings. The molecule has 1 amide bonds. The van der Waals surface area contributed by atoms with Gasteiger partial charge in [-0.1, -0.05) is 0 Å². The van der Waals surface area contributed by atoms with Gasteiger partial charge in [-0.3, -0.25) is 14.8 Å². The van der Waals surface area contributed by atoms with Crippen molar-refractivity contribution in [3.63, 3.8) is 0 Å². The fraction of sp³-hybridized carbons (Fsp3) is 0.400. The molecule has 0 atom stereocenters. The SMILES string of the molecule is COCCn1ccnc1C1CCN(C(=O)c2ccc3nccnc3c2)CC1. The molecule has 4 rings (SSSR count). The Kier molecular flexibility index (Phi) is 5.11. The lowest BCUT2D eigenvalue weighted by molar-refractivity contribution is 0.0710. The third-order valence-electron chi connectivity index (χ3n) is 5.15. The van der Waals surface area contributed by atoms with Crippen LogP contribution < -0.4 is 0 Å². The fourth-order valence-electron chi connectivity index (χ4n) is 3.68. The van der Waals surface area contributed by atoms with Crippen molar-refractivity contribution < 1.29 is 9.53 Å². The quantitative estimate of drug-likeness (QED) is 0.695. The predicted octanol–water partition coefficient (Wildman–Crippen LogP) is 2.49. The number of rotatable bonds is 5. The summed E-state index contributed by atoms with van der Waals surface area (Å²) >= 11 is 0. The lowest BCUT2D eigenvalue weighted by Gasteiger charge is -2.32. The molecule has 0 N–H and O–H groups in total. The summed E-state index contributed by atoms with van der Waals surface area (Å²) in [6.07, 6.45) is 8.99. The Morgan fingerprint density at radius 2 is 1.89 bits per heavy atom. The maximum atomic E-state index is 12.9. The Bertz CT molecular complexity index is 931. The number of carbonyl (C=O) groups is 1. The highest BCUT2D eigenvalue weighted by Gasteiger charge is 2.27. The Morgan fingerprint density at radius 1 is 1.11 bits per heavy atom. The van der Waals surface area contributed by atoms with Crippen molar-refractivity contribution in [3.8, 4) is 0 Å². The lowest BCUT2D eigenvalue weighted by atomic mass is 9.95. The first kappa shape index (κ1) is 17.6. The van der Waals surface area contributed by atoms with E-state index in [-0.39, 0.29) is 5.91 Å². The van der Waals surface area contributed by atoms with Crippen LogP contribution in [-0.2, 0) is 11.3 Å². The number of aromatic nitrogens is 4. The highest BCUT2D eigenvalue weighted by Crippen LogP contribution is 2.28. The largest absolute Gasteiger partial charge is 0.383 e. The number of ether oxygens (including phenoxy) is 1. The van der Waals surface area contributed by atoms with Gasteiger partial charge < -0.3 is 14.2 Å². The number of benzene rings is 1. The van der Waals surface area contributed by atoms with E-state index in [2.05, 4.69) is 19.5 Å². The molecule has 3 aromatic rings. The second kappa shape index (κ2) is 7.84. The average Bonchev–Trinajstić information content (AvgIpc) is 3.20. The van der Waals surface area contributed by atoms with Crippen molar-refractivity contribution in [1.82, 2.24) is 24.4 Å². The number of amides is 1. The maximum Gasteiger partial charge on any atom is 0.253 e. The van der Waals surface area contributed by atoms with Crippen molar-refractivity contribution in [1.29, 1.82) is 0 Å². The molecule has 0 spiro atoms. The monoisotopic (exact) mass is 365 g/mol. The van der Waals surface area contributed by atoms with Crippen LogP contribution in [0, 0.1) is 0 Å². The summed E-state index contributed by atoms with van der Waals surface area (Å²) in [6.45, 7) is 2.95. The molecule has 3 heterocycles. The number of fused-ring (bicyclic) bond motifs is 1. The van der Waals surface area contributed by atoms with Crippen molar-refractivity contribution >= 4 is 16.9 Å². The normalized spacial score (nSPS) is 15.4. The molecule has 27 heavy (non-hydrogen) atoms. The Hall–Kier alpha value is -2.80. The van der Waals surface area contributed by atoms with Crippen LogP contribution in [0.3, 0.4) is 0 Å².